The van der Waals surface area contributed by atoms with Gasteiger partial charge in [0.2, 0.25) is 0 Å². The van der Waals surface area contributed by atoms with Gasteiger partial charge in [0.1, 0.15) is 0 Å². The van der Waals surface area contributed by atoms with Crippen LogP contribution >= 0.6 is 0 Å². The Morgan fingerprint density at radius 2 is 1.08 bits per heavy atom. The van der Waals surface area contributed by atoms with Gasteiger partial charge in [0.15, 0.2) is 0 Å². The molecule has 2 nitrogen and oxygen atoms in total. The van der Waals surface area contributed by atoms with Gasteiger partial charge in [0.25, 0.3) is 0 Å². The van der Waals surface area contributed by atoms with Crippen molar-refractivity contribution in [2.45, 2.75) is 53.7 Å². The number of rotatable bonds is 0. The first-order chi connectivity index (χ1) is 5.69. The van der Waals surface area contributed by atoms with Gasteiger partial charge in [-0.05, 0) is 27.7 Å². The van der Waals surface area contributed by atoms with Crippen molar-refractivity contribution in [2.24, 2.45) is 0 Å². The zero-order chi connectivity index (χ0) is 10.7. The summed E-state index contributed by atoms with van der Waals surface area (Å²) in [4.78, 5) is 7.09. The molecule has 2 radical (unpaired) electrons. The van der Waals surface area contributed by atoms with E-state index in [0.29, 0.717) is 0 Å². The second kappa shape index (κ2) is 5.03. The van der Waals surface area contributed by atoms with Crippen LogP contribution in [0.15, 0.2) is 0 Å². The molecule has 0 spiro atoms. The Bertz CT molecular complexity index is 141. The Kier molecular flexibility index (Phi) is 5.33. The Balaban J connectivity index is 0.000000310. The molecular weight excluding hydrogens is 270 g/mol. The van der Waals surface area contributed by atoms with Crippen LogP contribution in [0.2, 0.25) is 14.8 Å². The fourth-order valence-corrected chi connectivity index (χ4v) is 0.548. The van der Waals surface area contributed by atoms with E-state index in [9.17, 15) is 0 Å². The van der Waals surface area contributed by atoms with E-state index in [-0.39, 0.29) is 11.2 Å². The van der Waals surface area contributed by atoms with Gasteiger partial charge >= 0.3 is 42.3 Å². The van der Waals surface area contributed by atoms with Crippen molar-refractivity contribution in [1.29, 1.82) is 0 Å². The monoisotopic (exact) mass is 292 g/mol. The van der Waals surface area contributed by atoms with Gasteiger partial charge in [-0.3, -0.25) is 0 Å². The fourth-order valence-electron chi connectivity index (χ4n) is 0.548. The van der Waals surface area contributed by atoms with Crippen LogP contribution in [0.5, 0.6) is 0 Å². The van der Waals surface area contributed by atoms with Crippen molar-refractivity contribution in [3.8, 4) is 0 Å². The van der Waals surface area contributed by atoms with Crippen molar-refractivity contribution >= 4 is 27.4 Å². The van der Waals surface area contributed by atoms with Gasteiger partial charge in [-0.25, -0.2) is 0 Å². The first-order valence-corrected chi connectivity index (χ1v) is 13.2. The van der Waals surface area contributed by atoms with E-state index >= 15 is 0 Å². The quantitative estimate of drug-likeness (QED) is 0.638. The zero-order valence-electron chi connectivity index (χ0n) is 9.89. The van der Waals surface area contributed by atoms with Crippen LogP contribution in [0.4, 0.5) is 0 Å². The van der Waals surface area contributed by atoms with Crippen LogP contribution in [0.3, 0.4) is 0 Å². The Morgan fingerprint density at radius 3 is 1.15 bits per heavy atom. The van der Waals surface area contributed by atoms with Crippen molar-refractivity contribution in [3.05, 3.63) is 0 Å². The molecule has 76 valence electrons. The number of hydrogen-bond acceptors (Lipinski definition) is 2. The second-order valence-corrected chi connectivity index (χ2v) is 13.4. The normalized spacial score (nSPS) is 23.4. The summed E-state index contributed by atoms with van der Waals surface area (Å²) in [7, 11) is 1.42. The van der Waals surface area contributed by atoms with E-state index in [2.05, 4.69) is 14.8 Å². The van der Waals surface area contributed by atoms with Gasteiger partial charge in [-0.1, -0.05) is 0 Å². The molecule has 1 fully saturated rings. The van der Waals surface area contributed by atoms with Crippen molar-refractivity contribution in [3.63, 3.8) is 0 Å². The van der Waals surface area contributed by atoms with E-state index in [0.717, 1.165) is 0 Å². The zero-order valence-corrected chi connectivity index (χ0v) is 12.7. The molecule has 1 heterocycles. The van der Waals surface area contributed by atoms with Crippen LogP contribution in [0.1, 0.15) is 27.7 Å². The van der Waals surface area contributed by atoms with Gasteiger partial charge in [-0.15, -0.1) is 0 Å². The van der Waals surface area contributed by atoms with Crippen LogP contribution in [-0.4, -0.2) is 38.6 Å². The molecule has 1 saturated heterocycles. The molecule has 0 amide bonds. The van der Waals surface area contributed by atoms with Crippen LogP contribution < -0.4 is 0 Å². The Hall–Kier alpha value is 0.784. The van der Waals surface area contributed by atoms with E-state index < -0.39 is 19.8 Å². The molecule has 13 heavy (non-hydrogen) atoms. The summed E-state index contributed by atoms with van der Waals surface area (Å²) in [5.41, 5.74) is -0.375. The predicted octanol–water partition coefficient (Wildman–Crippen LogP) is 2.50. The minimum atomic E-state index is -0.543. The maximum atomic E-state index is 5.21. The molecule has 0 bridgehead atoms. The average molecular weight is 291 g/mol. The van der Waals surface area contributed by atoms with Crippen molar-refractivity contribution in [2.75, 3.05) is 0 Å². The van der Waals surface area contributed by atoms with Crippen LogP contribution in [0, 0.1) is 0 Å². The van der Waals surface area contributed by atoms with Crippen LogP contribution in [0.25, 0.3) is 0 Å². The van der Waals surface area contributed by atoms with Gasteiger partial charge in [0.05, 0.1) is 11.2 Å². The third-order valence-electron chi connectivity index (χ3n) is 2.14. The molecule has 0 aromatic carbocycles. The number of hydrogen-bond donors (Lipinski definition) is 0. The summed E-state index contributed by atoms with van der Waals surface area (Å²) in [6.07, 6.45) is 0. The molecule has 4 heteroatoms. The Labute approximate surface area is 90.4 Å². The fraction of sp³-hybridized carbons (Fsp3) is 1.00. The molecule has 0 N–H and O–H groups in total. The first kappa shape index (κ1) is 13.8. The molecule has 0 aromatic rings. The molecule has 1 aliphatic heterocycles. The molecule has 1 rings (SSSR count). The topological polar surface area (TPSA) is 18.5 Å². The van der Waals surface area contributed by atoms with Crippen molar-refractivity contribution in [1.82, 2.24) is 0 Å². The van der Waals surface area contributed by atoms with E-state index in [4.69, 9.17) is 9.31 Å². The summed E-state index contributed by atoms with van der Waals surface area (Å²) in [5, 5.41) is 0. The van der Waals surface area contributed by atoms with Gasteiger partial charge in [-0.2, -0.15) is 0 Å². The van der Waals surface area contributed by atoms with Gasteiger partial charge < -0.3 is 9.31 Å². The molecule has 1 aliphatic rings. The molecule has 0 atom stereocenters. The van der Waals surface area contributed by atoms with E-state index in [1.807, 2.05) is 27.7 Å². The molecule has 0 saturated carbocycles. The Morgan fingerprint density at radius 1 is 0.846 bits per heavy atom. The summed E-state index contributed by atoms with van der Waals surface area (Å²) in [6.45, 7) is 8.04. The van der Waals surface area contributed by atoms with E-state index in [1.54, 1.807) is 0 Å². The third kappa shape index (κ3) is 4.70. The van der Waals surface area contributed by atoms with Crippen LogP contribution in [-0.2, 0) is 9.31 Å². The molecule has 0 unspecified atom stereocenters. The summed E-state index contributed by atoms with van der Waals surface area (Å²) in [5.74, 6) is 0. The van der Waals surface area contributed by atoms with Crippen molar-refractivity contribution < 1.29 is 9.31 Å². The second-order valence-electron chi connectivity index (χ2n) is 4.85. The standard InChI is InChI=1S/C6H12BO2.3CH3.Sn/c1-5(2)6(3,4)9-7-8-5;;;;/h1-4H3;3*1H3;. The molecular formula is C9H21BO2Sn. The summed E-state index contributed by atoms with van der Waals surface area (Å²) >= 11 is -0.543. The SMILES string of the molecule is CC1(C)O[B]OC1(C)C.[CH3][Sn]([CH3])[CH3]. The molecule has 0 aromatic heterocycles. The average Bonchev–Trinajstić information content (AvgIpc) is 2.04. The van der Waals surface area contributed by atoms with E-state index in [1.165, 1.54) is 7.69 Å². The molecule has 0 aliphatic carbocycles. The maximum absolute atomic E-state index is 5.21. The summed E-state index contributed by atoms with van der Waals surface area (Å²) in [6, 6.07) is 0. The first-order valence-electron chi connectivity index (χ1n) is 4.63. The minimum absolute atomic E-state index is 0.187. The van der Waals surface area contributed by atoms with Gasteiger partial charge in [0, 0.05) is 0 Å². The third-order valence-corrected chi connectivity index (χ3v) is 2.14. The predicted molar refractivity (Wildman–Crippen MR) is 59.4 cm³/mol. The summed E-state index contributed by atoms with van der Waals surface area (Å²) < 4.78 is 10.4.